The molecular formula is C15H23ClN2O2. The number of benzene rings is 1. The third kappa shape index (κ3) is 5.80. The Morgan fingerprint density at radius 1 is 1.40 bits per heavy atom. The Bertz CT molecular complexity index is 436. The zero-order valence-electron chi connectivity index (χ0n) is 12.3. The van der Waals surface area contributed by atoms with Crippen LogP contribution in [0.15, 0.2) is 18.2 Å². The summed E-state index contributed by atoms with van der Waals surface area (Å²) in [7, 11) is 1.85. The molecule has 5 heteroatoms. The molecule has 0 aliphatic rings. The van der Waals surface area contributed by atoms with Crippen molar-refractivity contribution in [1.82, 2.24) is 10.6 Å². The number of amides is 1. The number of rotatable bonds is 8. The van der Waals surface area contributed by atoms with Crippen LogP contribution < -0.4 is 15.4 Å². The van der Waals surface area contributed by atoms with Crippen molar-refractivity contribution >= 4 is 17.5 Å². The van der Waals surface area contributed by atoms with E-state index in [1.807, 2.05) is 19.2 Å². The summed E-state index contributed by atoms with van der Waals surface area (Å²) in [5, 5.41) is 6.40. The molecule has 1 rings (SSSR count). The molecule has 0 aliphatic heterocycles. The molecule has 0 aromatic heterocycles. The summed E-state index contributed by atoms with van der Waals surface area (Å²) in [6.45, 7) is 5.54. The lowest BCUT2D eigenvalue weighted by molar-refractivity contribution is -0.123. The van der Waals surface area contributed by atoms with Gasteiger partial charge in [-0.15, -0.1) is 0 Å². The molecule has 0 heterocycles. The van der Waals surface area contributed by atoms with Crippen molar-refractivity contribution in [2.24, 2.45) is 5.92 Å². The highest BCUT2D eigenvalue weighted by Gasteiger charge is 2.10. The van der Waals surface area contributed by atoms with Crippen molar-refractivity contribution in [3.05, 3.63) is 28.8 Å². The summed E-state index contributed by atoms with van der Waals surface area (Å²) in [4.78, 5) is 11.7. The molecule has 0 saturated heterocycles. The second-order valence-corrected chi connectivity index (χ2v) is 5.49. The Hall–Kier alpha value is -1.26. The summed E-state index contributed by atoms with van der Waals surface area (Å²) in [5.74, 6) is 1.02. The van der Waals surface area contributed by atoms with Crippen molar-refractivity contribution in [1.29, 1.82) is 0 Å². The molecule has 0 fully saturated rings. The lowest BCUT2D eigenvalue weighted by Crippen LogP contribution is -2.30. The number of ether oxygens (including phenoxy) is 1. The molecule has 20 heavy (non-hydrogen) atoms. The Kier molecular flexibility index (Phi) is 7.41. The number of nitrogens with one attached hydrogen (secondary N) is 2. The maximum absolute atomic E-state index is 11.7. The van der Waals surface area contributed by atoms with Gasteiger partial charge in [0, 0.05) is 18.7 Å². The zero-order valence-corrected chi connectivity index (χ0v) is 13.1. The van der Waals surface area contributed by atoms with E-state index in [-0.39, 0.29) is 12.5 Å². The summed E-state index contributed by atoms with van der Waals surface area (Å²) >= 11 is 6.11. The second kappa shape index (κ2) is 8.82. The molecule has 0 spiro atoms. The van der Waals surface area contributed by atoms with Gasteiger partial charge in [-0.2, -0.15) is 0 Å². The molecule has 0 saturated carbocycles. The molecule has 112 valence electrons. The molecule has 0 bridgehead atoms. The molecule has 4 nitrogen and oxygen atoms in total. The average Bonchev–Trinajstić information content (AvgIpc) is 2.38. The molecule has 2 N–H and O–H groups in total. The number of hydrogen-bond donors (Lipinski definition) is 2. The molecule has 0 radical (unpaired) electrons. The molecular weight excluding hydrogens is 276 g/mol. The fourth-order valence-electron chi connectivity index (χ4n) is 1.73. The summed E-state index contributed by atoms with van der Waals surface area (Å²) in [6.07, 6.45) is 0.961. The molecule has 0 unspecified atom stereocenters. The monoisotopic (exact) mass is 298 g/mol. The normalized spacial score (nSPS) is 10.7. The van der Waals surface area contributed by atoms with Gasteiger partial charge < -0.3 is 15.4 Å². The number of carbonyl (C=O) groups is 1. The topological polar surface area (TPSA) is 50.4 Å². The van der Waals surface area contributed by atoms with Crippen LogP contribution in [0.25, 0.3) is 0 Å². The van der Waals surface area contributed by atoms with Crippen molar-refractivity contribution in [3.8, 4) is 5.75 Å². The van der Waals surface area contributed by atoms with Gasteiger partial charge in [-0.05, 0) is 25.5 Å². The Balaban J connectivity index is 2.50. The number of hydrogen-bond acceptors (Lipinski definition) is 3. The van der Waals surface area contributed by atoms with Crippen molar-refractivity contribution < 1.29 is 9.53 Å². The standard InChI is InChI=1S/C15H23ClN2O2/c1-11(2)7-8-18-14(19)10-20-15-12(9-17-3)5-4-6-13(15)16/h4-6,11,17H,7-10H2,1-3H3,(H,18,19). The van der Waals surface area contributed by atoms with Gasteiger partial charge in [0.2, 0.25) is 0 Å². The van der Waals surface area contributed by atoms with E-state index in [4.69, 9.17) is 16.3 Å². The Labute approximate surface area is 125 Å². The highest BCUT2D eigenvalue weighted by atomic mass is 35.5. The highest BCUT2D eigenvalue weighted by Crippen LogP contribution is 2.28. The highest BCUT2D eigenvalue weighted by molar-refractivity contribution is 6.32. The molecule has 1 aromatic rings. The first-order valence-electron chi connectivity index (χ1n) is 6.86. The van der Waals surface area contributed by atoms with Gasteiger partial charge in [0.05, 0.1) is 5.02 Å². The van der Waals surface area contributed by atoms with Crippen LogP contribution in [0.1, 0.15) is 25.8 Å². The van der Waals surface area contributed by atoms with E-state index in [0.717, 1.165) is 12.0 Å². The van der Waals surface area contributed by atoms with Gasteiger partial charge in [-0.3, -0.25) is 4.79 Å². The summed E-state index contributed by atoms with van der Waals surface area (Å²) < 4.78 is 5.56. The van der Waals surface area contributed by atoms with E-state index >= 15 is 0 Å². The van der Waals surface area contributed by atoms with Crippen LogP contribution >= 0.6 is 11.6 Å². The maximum atomic E-state index is 11.7. The maximum Gasteiger partial charge on any atom is 0.257 e. The number of para-hydroxylation sites is 1. The Morgan fingerprint density at radius 2 is 2.15 bits per heavy atom. The van der Waals surface area contributed by atoms with Gasteiger partial charge in [0.1, 0.15) is 5.75 Å². The van der Waals surface area contributed by atoms with E-state index in [1.165, 1.54) is 0 Å². The van der Waals surface area contributed by atoms with Gasteiger partial charge in [0.25, 0.3) is 5.91 Å². The van der Waals surface area contributed by atoms with Gasteiger partial charge in [-0.1, -0.05) is 37.6 Å². The SMILES string of the molecule is CNCc1cccc(Cl)c1OCC(=O)NCCC(C)C. The summed E-state index contributed by atoms with van der Waals surface area (Å²) in [5.41, 5.74) is 0.940. The largest absolute Gasteiger partial charge is 0.482 e. The summed E-state index contributed by atoms with van der Waals surface area (Å²) in [6, 6.07) is 5.55. The van der Waals surface area contributed by atoms with Crippen LogP contribution in [0.5, 0.6) is 5.75 Å². The van der Waals surface area contributed by atoms with Crippen molar-refractivity contribution in [2.45, 2.75) is 26.8 Å². The number of carbonyl (C=O) groups excluding carboxylic acids is 1. The minimum atomic E-state index is -0.124. The minimum Gasteiger partial charge on any atom is -0.482 e. The molecule has 1 amide bonds. The first-order valence-corrected chi connectivity index (χ1v) is 7.24. The van der Waals surface area contributed by atoms with Crippen molar-refractivity contribution in [2.75, 3.05) is 20.2 Å². The third-order valence-electron chi connectivity index (χ3n) is 2.81. The third-order valence-corrected chi connectivity index (χ3v) is 3.10. The van der Waals surface area contributed by atoms with E-state index in [1.54, 1.807) is 6.07 Å². The fraction of sp³-hybridized carbons (Fsp3) is 0.533. The van der Waals surface area contributed by atoms with Crippen LogP contribution in [-0.4, -0.2) is 26.1 Å². The van der Waals surface area contributed by atoms with E-state index in [9.17, 15) is 4.79 Å². The van der Waals surface area contributed by atoms with E-state index in [0.29, 0.717) is 29.8 Å². The van der Waals surface area contributed by atoms with E-state index in [2.05, 4.69) is 24.5 Å². The first-order chi connectivity index (χ1) is 9.54. The predicted octanol–water partition coefficient (Wildman–Crippen LogP) is 2.60. The fourth-order valence-corrected chi connectivity index (χ4v) is 1.98. The van der Waals surface area contributed by atoms with Crippen LogP contribution in [0, 0.1) is 5.92 Å². The van der Waals surface area contributed by atoms with Crippen LogP contribution in [0.2, 0.25) is 5.02 Å². The molecule has 0 aliphatic carbocycles. The molecule has 0 atom stereocenters. The van der Waals surface area contributed by atoms with Crippen LogP contribution in [0.4, 0.5) is 0 Å². The number of halogens is 1. The minimum absolute atomic E-state index is 0.0153. The average molecular weight is 299 g/mol. The predicted molar refractivity (Wildman–Crippen MR) is 82.2 cm³/mol. The lowest BCUT2D eigenvalue weighted by atomic mass is 10.1. The Morgan fingerprint density at radius 3 is 2.80 bits per heavy atom. The van der Waals surface area contributed by atoms with Crippen LogP contribution in [-0.2, 0) is 11.3 Å². The van der Waals surface area contributed by atoms with Gasteiger partial charge >= 0.3 is 0 Å². The first kappa shape index (κ1) is 16.8. The van der Waals surface area contributed by atoms with Gasteiger partial charge in [0.15, 0.2) is 6.61 Å². The molecule has 1 aromatic carbocycles. The smallest absolute Gasteiger partial charge is 0.257 e. The zero-order chi connectivity index (χ0) is 15.0. The lowest BCUT2D eigenvalue weighted by Gasteiger charge is -2.13. The van der Waals surface area contributed by atoms with Crippen LogP contribution in [0.3, 0.4) is 0 Å². The van der Waals surface area contributed by atoms with Gasteiger partial charge in [-0.25, -0.2) is 0 Å². The van der Waals surface area contributed by atoms with Crippen molar-refractivity contribution in [3.63, 3.8) is 0 Å². The second-order valence-electron chi connectivity index (χ2n) is 5.08. The quantitative estimate of drug-likeness (QED) is 0.775. The van der Waals surface area contributed by atoms with E-state index < -0.39 is 0 Å².